The van der Waals surface area contributed by atoms with Gasteiger partial charge < -0.3 is 24.2 Å². The van der Waals surface area contributed by atoms with Gasteiger partial charge in [-0.3, -0.25) is 10.2 Å². The van der Waals surface area contributed by atoms with E-state index in [-0.39, 0.29) is 34.6 Å². The second kappa shape index (κ2) is 11.2. The molecule has 3 fully saturated rings. The Morgan fingerprint density at radius 1 is 1.15 bits per heavy atom. The van der Waals surface area contributed by atoms with Crippen LogP contribution in [0.15, 0.2) is 40.9 Å². The summed E-state index contributed by atoms with van der Waals surface area (Å²) in [5.41, 5.74) is -0.383. The number of hydrazone groups is 1. The van der Waals surface area contributed by atoms with Crippen LogP contribution in [0.1, 0.15) is 43.1 Å². The maximum Gasteiger partial charge on any atom is 0.410 e. The van der Waals surface area contributed by atoms with E-state index < -0.39 is 29.6 Å². The molecule has 46 heavy (non-hydrogen) atoms. The molecular weight excluding hydrogens is 604 g/mol. The molecule has 3 atom stereocenters. The molecule has 4 aliphatic heterocycles. The zero-order chi connectivity index (χ0) is 32.2. The standard InChI is InChI=1S/C29H33F2N11O4/c1-28(2,3)46-27(44)40-8-6-39(7-9-40)26-32-11-17(12-33-26)29(25(30)31)21(14-34-38-29)36-24(43)20-13-35-42-5-4-22(37-23(20)42)41-15-19-10-18(41)16-45-19/h4-5,11-14,18-19,25,38H,6-10,15-16H2,1-3H3/t18-,19-,29?/m1/s1. The Kier molecular flexibility index (Phi) is 7.29. The molecule has 7 heterocycles. The Morgan fingerprint density at radius 3 is 2.57 bits per heavy atom. The Bertz CT molecular complexity index is 1720. The van der Waals surface area contributed by atoms with Crippen molar-refractivity contribution in [1.82, 2.24) is 34.9 Å². The first-order valence-electron chi connectivity index (χ1n) is 15.0. The van der Waals surface area contributed by atoms with Crippen LogP contribution in [-0.2, 0) is 15.0 Å². The fraction of sp³-hybridized carbons (Fsp3) is 0.517. The van der Waals surface area contributed by atoms with E-state index in [1.807, 2.05) is 11.0 Å². The highest BCUT2D eigenvalue weighted by Gasteiger charge is 2.50. The van der Waals surface area contributed by atoms with Crippen molar-refractivity contribution in [2.24, 2.45) is 10.1 Å². The molecule has 2 bridgehead atoms. The van der Waals surface area contributed by atoms with Crippen molar-refractivity contribution in [2.75, 3.05) is 49.1 Å². The first-order valence-corrected chi connectivity index (χ1v) is 15.0. The first-order chi connectivity index (χ1) is 22.0. The molecule has 0 saturated carbocycles. The number of carbonyl (C=O) groups is 2. The molecule has 2 amide bonds. The topological polar surface area (TPSA) is 155 Å². The molecule has 0 aliphatic carbocycles. The Labute approximate surface area is 262 Å². The van der Waals surface area contributed by atoms with Gasteiger partial charge in [-0.25, -0.2) is 38.0 Å². The van der Waals surface area contributed by atoms with Crippen LogP contribution in [0.4, 0.5) is 25.3 Å². The third-order valence-corrected chi connectivity index (χ3v) is 8.47. The summed E-state index contributed by atoms with van der Waals surface area (Å²) in [5.74, 6) is 0.207. The maximum atomic E-state index is 14.9. The SMILES string of the molecule is CC(C)(C)OC(=O)N1CCN(c2ncc(C3(C(F)F)NN=CC3=NC(=O)c3cnn4ccc(N5C[C@H]6C[C@@H]5CO6)nc34)cn2)CC1. The number of ether oxygens (including phenoxy) is 2. The second-order valence-electron chi connectivity index (χ2n) is 12.6. The number of nitrogens with one attached hydrogen (secondary N) is 1. The molecule has 1 N–H and O–H groups in total. The van der Waals surface area contributed by atoms with Crippen LogP contribution in [0.5, 0.6) is 0 Å². The van der Waals surface area contributed by atoms with Gasteiger partial charge in [-0.2, -0.15) is 10.2 Å². The van der Waals surface area contributed by atoms with Gasteiger partial charge in [-0.1, -0.05) is 0 Å². The Balaban J connectivity index is 1.10. The molecule has 7 rings (SSSR count). The van der Waals surface area contributed by atoms with Gasteiger partial charge in [0.2, 0.25) is 5.95 Å². The summed E-state index contributed by atoms with van der Waals surface area (Å²) >= 11 is 0. The highest BCUT2D eigenvalue weighted by Crippen LogP contribution is 2.34. The zero-order valence-corrected chi connectivity index (χ0v) is 25.5. The summed E-state index contributed by atoms with van der Waals surface area (Å²) in [4.78, 5) is 48.9. The van der Waals surface area contributed by atoms with E-state index in [4.69, 9.17) is 9.47 Å². The van der Waals surface area contributed by atoms with E-state index in [1.165, 1.54) is 23.1 Å². The lowest BCUT2D eigenvalue weighted by atomic mass is 9.89. The second-order valence-corrected chi connectivity index (χ2v) is 12.6. The van der Waals surface area contributed by atoms with Crippen molar-refractivity contribution in [1.29, 1.82) is 0 Å². The van der Waals surface area contributed by atoms with Gasteiger partial charge in [0.1, 0.15) is 22.7 Å². The van der Waals surface area contributed by atoms with Crippen molar-refractivity contribution < 1.29 is 27.8 Å². The predicted molar refractivity (Wildman–Crippen MR) is 162 cm³/mol. The minimum absolute atomic E-state index is 0.0192. The number of carbonyl (C=O) groups excluding carboxylic acids is 2. The van der Waals surface area contributed by atoms with E-state index in [9.17, 15) is 18.4 Å². The van der Waals surface area contributed by atoms with Gasteiger partial charge in [0.05, 0.1) is 31.2 Å². The van der Waals surface area contributed by atoms with Crippen molar-refractivity contribution in [3.63, 3.8) is 0 Å². The number of fused-ring (bicyclic) bond motifs is 3. The van der Waals surface area contributed by atoms with Crippen molar-refractivity contribution in [2.45, 2.75) is 56.9 Å². The van der Waals surface area contributed by atoms with Crippen LogP contribution in [0.3, 0.4) is 0 Å². The number of rotatable bonds is 5. The fourth-order valence-electron chi connectivity index (χ4n) is 6.09. The van der Waals surface area contributed by atoms with Crippen molar-refractivity contribution in [3.8, 4) is 0 Å². The van der Waals surface area contributed by atoms with Gasteiger partial charge in [-0.05, 0) is 33.3 Å². The highest BCUT2D eigenvalue weighted by molar-refractivity contribution is 6.38. The Morgan fingerprint density at radius 2 is 1.91 bits per heavy atom. The molecule has 242 valence electrons. The summed E-state index contributed by atoms with van der Waals surface area (Å²) in [6.45, 7) is 8.39. The molecular formula is C29H33F2N11O4. The Hall–Kier alpha value is -4.80. The van der Waals surface area contributed by atoms with Crippen LogP contribution in [0, 0.1) is 0 Å². The van der Waals surface area contributed by atoms with Crippen LogP contribution >= 0.6 is 0 Å². The van der Waals surface area contributed by atoms with E-state index in [0.717, 1.165) is 12.6 Å². The van der Waals surface area contributed by atoms with E-state index in [1.54, 1.807) is 31.9 Å². The monoisotopic (exact) mass is 637 g/mol. The third-order valence-electron chi connectivity index (χ3n) is 8.47. The molecule has 0 radical (unpaired) electrons. The number of aromatic nitrogens is 5. The predicted octanol–water partition coefficient (Wildman–Crippen LogP) is 1.88. The largest absolute Gasteiger partial charge is 0.444 e. The number of hydrogen-bond donors (Lipinski definition) is 1. The van der Waals surface area contributed by atoms with Crippen LogP contribution in [0.2, 0.25) is 0 Å². The van der Waals surface area contributed by atoms with Gasteiger partial charge in [0.25, 0.3) is 12.3 Å². The molecule has 17 heteroatoms. The number of morpholine rings is 1. The van der Waals surface area contributed by atoms with E-state index in [2.05, 4.69) is 40.5 Å². The number of piperazine rings is 1. The third kappa shape index (κ3) is 5.27. The number of alkyl halides is 2. The van der Waals surface area contributed by atoms with Crippen LogP contribution in [0.25, 0.3) is 5.65 Å². The zero-order valence-electron chi connectivity index (χ0n) is 25.5. The smallest absolute Gasteiger partial charge is 0.410 e. The minimum atomic E-state index is -3.06. The fourth-order valence-corrected chi connectivity index (χ4v) is 6.09. The van der Waals surface area contributed by atoms with E-state index >= 15 is 0 Å². The molecule has 3 aromatic heterocycles. The number of aliphatic imine (C=N–C) groups is 1. The van der Waals surface area contributed by atoms with E-state index in [0.29, 0.717) is 51.1 Å². The summed E-state index contributed by atoms with van der Waals surface area (Å²) in [6, 6.07) is 2.03. The quantitative estimate of drug-likeness (QED) is 0.436. The van der Waals surface area contributed by atoms with Gasteiger partial charge in [0, 0.05) is 56.9 Å². The lowest BCUT2D eigenvalue weighted by molar-refractivity contribution is 0.0240. The van der Waals surface area contributed by atoms with Gasteiger partial charge in [-0.15, -0.1) is 0 Å². The molecule has 1 unspecified atom stereocenters. The van der Waals surface area contributed by atoms with Gasteiger partial charge in [0.15, 0.2) is 11.2 Å². The summed E-state index contributed by atoms with van der Waals surface area (Å²) < 4.78 is 42.3. The molecule has 3 aromatic rings. The molecule has 3 saturated heterocycles. The first kappa shape index (κ1) is 29.9. The highest BCUT2D eigenvalue weighted by atomic mass is 19.3. The number of amides is 2. The summed E-state index contributed by atoms with van der Waals surface area (Å²) in [7, 11) is 0. The maximum absolute atomic E-state index is 14.9. The number of anilines is 2. The lowest BCUT2D eigenvalue weighted by Crippen LogP contribution is -2.51. The van der Waals surface area contributed by atoms with Crippen LogP contribution < -0.4 is 15.2 Å². The number of nitrogens with zero attached hydrogens (tertiary/aromatic N) is 10. The normalized spacial score (nSPS) is 25.3. The van der Waals surface area contributed by atoms with Gasteiger partial charge >= 0.3 is 6.09 Å². The number of halogens is 2. The summed E-state index contributed by atoms with van der Waals surface area (Å²) in [6.07, 6.45) is 4.28. The minimum Gasteiger partial charge on any atom is -0.444 e. The lowest BCUT2D eigenvalue weighted by Gasteiger charge is -2.35. The molecule has 0 spiro atoms. The molecule has 15 nitrogen and oxygen atoms in total. The average molecular weight is 638 g/mol. The van der Waals surface area contributed by atoms with Crippen molar-refractivity contribution in [3.05, 3.63) is 42.0 Å². The molecule has 0 aromatic carbocycles. The number of hydrogen-bond acceptors (Lipinski definition) is 12. The van der Waals surface area contributed by atoms with Crippen molar-refractivity contribution >= 4 is 41.3 Å². The average Bonchev–Trinajstić information content (AvgIpc) is 3.84. The van der Waals surface area contributed by atoms with Crippen LogP contribution in [-0.4, -0.2) is 117 Å². The molecule has 4 aliphatic rings. The summed E-state index contributed by atoms with van der Waals surface area (Å²) in [5, 5.41) is 8.07.